The van der Waals surface area contributed by atoms with E-state index in [1.54, 1.807) is 0 Å². The molecule has 0 aliphatic heterocycles. The quantitative estimate of drug-likeness (QED) is 0.170. The second-order valence-corrected chi connectivity index (χ2v) is 15.1. The number of fused-ring (bicyclic) bond motifs is 10. The van der Waals surface area contributed by atoms with E-state index in [1.165, 1.54) is 16.3 Å². The van der Waals surface area contributed by atoms with E-state index >= 15 is 0 Å². The molecular weight excluding hydrogens is 723 g/mol. The van der Waals surface area contributed by atoms with Crippen LogP contribution in [0.25, 0.3) is 106 Å². The second-order valence-electron chi connectivity index (χ2n) is 15.1. The van der Waals surface area contributed by atoms with Crippen LogP contribution >= 0.6 is 0 Å². The van der Waals surface area contributed by atoms with Crippen molar-refractivity contribution in [2.24, 2.45) is 0 Å². The number of hydrogen-bond acceptors (Lipinski definition) is 3. The number of benzene rings is 7. The van der Waals surface area contributed by atoms with E-state index in [1.807, 2.05) is 0 Å². The Balaban J connectivity index is 1.24. The van der Waals surface area contributed by atoms with E-state index in [9.17, 15) is 0 Å². The summed E-state index contributed by atoms with van der Waals surface area (Å²) in [5.74, 6) is 1.66. The molecule has 5 heterocycles. The third-order valence-corrected chi connectivity index (χ3v) is 12.0. The molecule has 7 nitrogen and oxygen atoms in total. The van der Waals surface area contributed by atoms with Crippen LogP contribution in [0.4, 0.5) is 0 Å². The van der Waals surface area contributed by atoms with Gasteiger partial charge < -0.3 is 4.57 Å². The van der Waals surface area contributed by atoms with Gasteiger partial charge in [-0.1, -0.05) is 122 Å². The lowest BCUT2D eigenvalue weighted by Gasteiger charge is -2.14. The Morgan fingerprint density at radius 2 is 0.763 bits per heavy atom. The van der Waals surface area contributed by atoms with Crippen LogP contribution in [0, 0.1) is 0 Å². The molecule has 0 aliphatic rings. The molecule has 280 valence electrons. The molecule has 0 unspecified atom stereocenters. The molecule has 0 bridgehead atoms. The standard InChI is InChI=1S/C52H37N7/c1-3-18-42-34(4-2)35-21-8-14-27-44(35)57(42)50-53-51(58-45-28-15-9-22-36(45)37-23-10-16-29-46(37)58)55-52(54-50)59-47-30-17-12-25-39(47)41-31-48-40(32-49(41)59)38-24-11-13-26-43(38)56(48)33-19-6-5-7-20-33/h3,5-32H,4H2,1-2H3/b18-3-. The van der Waals surface area contributed by atoms with Crippen LogP contribution in [-0.2, 0) is 6.42 Å². The van der Waals surface area contributed by atoms with E-state index < -0.39 is 0 Å². The molecule has 0 spiro atoms. The lowest BCUT2D eigenvalue weighted by atomic mass is 10.1. The summed E-state index contributed by atoms with van der Waals surface area (Å²) in [6.45, 7) is 4.28. The number of allylic oxidation sites excluding steroid dienone is 1. The maximum Gasteiger partial charge on any atom is 0.241 e. The van der Waals surface area contributed by atoms with Gasteiger partial charge in [0, 0.05) is 43.4 Å². The molecule has 12 rings (SSSR count). The normalized spacial score (nSPS) is 12.2. The van der Waals surface area contributed by atoms with Crippen LogP contribution in [0.5, 0.6) is 0 Å². The molecule has 59 heavy (non-hydrogen) atoms. The zero-order valence-electron chi connectivity index (χ0n) is 32.6. The molecule has 0 aliphatic carbocycles. The summed E-state index contributed by atoms with van der Waals surface area (Å²) >= 11 is 0. The van der Waals surface area contributed by atoms with Gasteiger partial charge in [0.25, 0.3) is 0 Å². The van der Waals surface area contributed by atoms with Crippen molar-refractivity contribution in [2.45, 2.75) is 20.3 Å². The van der Waals surface area contributed by atoms with E-state index in [2.05, 4.69) is 208 Å². The van der Waals surface area contributed by atoms with Crippen molar-refractivity contribution >= 4 is 82.4 Å². The van der Waals surface area contributed by atoms with Crippen LogP contribution in [0.1, 0.15) is 25.1 Å². The van der Waals surface area contributed by atoms with Gasteiger partial charge in [-0.3, -0.25) is 13.7 Å². The highest BCUT2D eigenvalue weighted by molar-refractivity contribution is 6.19. The van der Waals surface area contributed by atoms with Crippen molar-refractivity contribution < 1.29 is 0 Å². The van der Waals surface area contributed by atoms with Crippen molar-refractivity contribution in [3.8, 4) is 23.5 Å². The van der Waals surface area contributed by atoms with Gasteiger partial charge in [-0.05, 0) is 79.6 Å². The summed E-state index contributed by atoms with van der Waals surface area (Å²) in [6.07, 6.45) is 5.15. The van der Waals surface area contributed by atoms with Gasteiger partial charge in [-0.25, -0.2) is 0 Å². The number of rotatable bonds is 6. The molecule has 0 amide bonds. The fourth-order valence-electron chi connectivity index (χ4n) is 9.53. The summed E-state index contributed by atoms with van der Waals surface area (Å²) in [5, 5.41) is 8.10. The van der Waals surface area contributed by atoms with Crippen LogP contribution in [0.15, 0.2) is 170 Å². The van der Waals surface area contributed by atoms with Gasteiger partial charge in [-0.2, -0.15) is 15.0 Å². The van der Waals surface area contributed by atoms with Gasteiger partial charge in [0.15, 0.2) is 0 Å². The summed E-state index contributed by atoms with van der Waals surface area (Å²) in [6, 6.07) is 58.2. The number of hydrogen-bond donors (Lipinski definition) is 0. The van der Waals surface area contributed by atoms with Crippen LogP contribution in [-0.4, -0.2) is 33.2 Å². The highest BCUT2D eigenvalue weighted by Gasteiger charge is 2.24. The zero-order valence-corrected chi connectivity index (χ0v) is 32.6. The topological polar surface area (TPSA) is 58.4 Å². The first kappa shape index (κ1) is 33.4. The molecule has 0 radical (unpaired) electrons. The first-order chi connectivity index (χ1) is 29.2. The van der Waals surface area contributed by atoms with E-state index in [4.69, 9.17) is 15.0 Å². The third-order valence-electron chi connectivity index (χ3n) is 12.0. The minimum absolute atomic E-state index is 0.548. The molecule has 0 atom stereocenters. The molecule has 5 aromatic heterocycles. The van der Waals surface area contributed by atoms with Crippen molar-refractivity contribution in [1.29, 1.82) is 0 Å². The molecule has 12 aromatic rings. The van der Waals surface area contributed by atoms with Crippen LogP contribution in [0.2, 0.25) is 0 Å². The fourth-order valence-corrected chi connectivity index (χ4v) is 9.53. The maximum atomic E-state index is 5.50. The van der Waals surface area contributed by atoms with Gasteiger partial charge in [0.2, 0.25) is 17.8 Å². The second kappa shape index (κ2) is 12.9. The number of aromatic nitrogens is 7. The molecule has 0 saturated carbocycles. The van der Waals surface area contributed by atoms with E-state index in [0.717, 1.165) is 83.4 Å². The molecule has 0 N–H and O–H groups in total. The first-order valence-electron chi connectivity index (χ1n) is 20.2. The Bertz CT molecular complexity index is 3620. The SMILES string of the molecule is C/C=C\c1c(CC)c2ccccc2n1-c1nc(-n2c3ccccc3c3ccccc32)nc(-n2c3ccccc3c3cc4c(cc32)c2ccccc2n4-c2ccccc2)n1. The highest BCUT2D eigenvalue weighted by atomic mass is 15.3. The Hall–Kier alpha value is -7.77. The summed E-state index contributed by atoms with van der Waals surface area (Å²) in [4.78, 5) is 16.4. The predicted octanol–water partition coefficient (Wildman–Crippen LogP) is 12.7. The minimum Gasteiger partial charge on any atom is -0.309 e. The number of aryl methyl sites for hydroxylation is 1. The van der Waals surface area contributed by atoms with E-state index in [0.29, 0.717) is 17.8 Å². The maximum absolute atomic E-state index is 5.50. The number of nitrogens with zero attached hydrogens (tertiary/aromatic N) is 7. The molecule has 0 fully saturated rings. The lowest BCUT2D eigenvalue weighted by Crippen LogP contribution is -2.14. The van der Waals surface area contributed by atoms with Crippen molar-refractivity contribution in [3.05, 3.63) is 181 Å². The molecule has 7 aromatic carbocycles. The fraction of sp³-hybridized carbons (Fsp3) is 0.0577. The lowest BCUT2D eigenvalue weighted by molar-refractivity contribution is 0.835. The Morgan fingerprint density at radius 3 is 1.25 bits per heavy atom. The van der Waals surface area contributed by atoms with Crippen molar-refractivity contribution in [2.75, 3.05) is 0 Å². The van der Waals surface area contributed by atoms with Crippen LogP contribution in [0.3, 0.4) is 0 Å². The summed E-state index contributed by atoms with van der Waals surface area (Å²) in [5.41, 5.74) is 10.9. The molecule has 0 saturated heterocycles. The first-order valence-corrected chi connectivity index (χ1v) is 20.2. The third kappa shape index (κ3) is 4.79. The highest BCUT2D eigenvalue weighted by Crippen LogP contribution is 2.40. The zero-order chi connectivity index (χ0) is 39.2. The van der Waals surface area contributed by atoms with E-state index in [-0.39, 0.29) is 0 Å². The Kier molecular flexibility index (Phi) is 7.28. The molecular formula is C52H37N7. The van der Waals surface area contributed by atoms with Crippen LogP contribution < -0.4 is 0 Å². The smallest absolute Gasteiger partial charge is 0.241 e. The largest absolute Gasteiger partial charge is 0.309 e. The van der Waals surface area contributed by atoms with Gasteiger partial charge in [-0.15, -0.1) is 0 Å². The minimum atomic E-state index is 0.548. The van der Waals surface area contributed by atoms with Gasteiger partial charge >= 0.3 is 0 Å². The van der Waals surface area contributed by atoms with Crippen molar-refractivity contribution in [3.63, 3.8) is 0 Å². The van der Waals surface area contributed by atoms with Crippen molar-refractivity contribution in [1.82, 2.24) is 33.2 Å². The van der Waals surface area contributed by atoms with Gasteiger partial charge in [0.05, 0.1) is 44.3 Å². The average Bonchev–Trinajstić information content (AvgIpc) is 4.00. The predicted molar refractivity (Wildman–Crippen MR) is 244 cm³/mol. The summed E-state index contributed by atoms with van der Waals surface area (Å²) < 4.78 is 9.03. The monoisotopic (exact) mass is 759 g/mol. The Labute approximate surface area is 339 Å². The average molecular weight is 760 g/mol. The Morgan fingerprint density at radius 1 is 0.390 bits per heavy atom. The number of para-hydroxylation sites is 6. The summed E-state index contributed by atoms with van der Waals surface area (Å²) in [7, 11) is 0. The van der Waals surface area contributed by atoms with Gasteiger partial charge in [0.1, 0.15) is 0 Å². The molecule has 7 heteroatoms.